The summed E-state index contributed by atoms with van der Waals surface area (Å²) >= 11 is 11.9. The maximum Gasteiger partial charge on any atom is 0.101 e. The van der Waals surface area contributed by atoms with Gasteiger partial charge in [0.15, 0.2) is 0 Å². The predicted molar refractivity (Wildman–Crippen MR) is 94.6 cm³/mol. The first kappa shape index (κ1) is 15.6. The van der Waals surface area contributed by atoms with Crippen LogP contribution in [0, 0.1) is 18.3 Å². The van der Waals surface area contributed by atoms with Crippen LogP contribution in [-0.2, 0) is 0 Å². The van der Waals surface area contributed by atoms with Crippen LogP contribution in [0.5, 0.6) is 0 Å². The summed E-state index contributed by atoms with van der Waals surface area (Å²) < 4.78 is 0. The molecule has 0 unspecified atom stereocenters. The van der Waals surface area contributed by atoms with Gasteiger partial charge in [0, 0.05) is 21.2 Å². The zero-order valence-electron chi connectivity index (χ0n) is 12.3. The van der Waals surface area contributed by atoms with E-state index in [1.807, 2.05) is 61.5 Å². The number of halogens is 2. The van der Waals surface area contributed by atoms with Crippen LogP contribution in [0.3, 0.4) is 0 Å². The highest BCUT2D eigenvalue weighted by molar-refractivity contribution is 6.31. The lowest BCUT2D eigenvalue weighted by Gasteiger charge is -2.12. The Bertz CT molecular complexity index is 892. The average molecular weight is 339 g/mol. The Morgan fingerprint density at radius 3 is 1.91 bits per heavy atom. The Kier molecular flexibility index (Phi) is 4.34. The summed E-state index contributed by atoms with van der Waals surface area (Å²) in [6, 6.07) is 19.1. The highest BCUT2D eigenvalue weighted by Gasteiger charge is 2.13. The molecular formula is C19H12Cl2N2. The van der Waals surface area contributed by atoms with Gasteiger partial charge in [-0.1, -0.05) is 47.5 Å². The maximum absolute atomic E-state index is 9.30. The Balaban J connectivity index is 2.25. The zero-order valence-corrected chi connectivity index (χ0v) is 13.9. The van der Waals surface area contributed by atoms with Crippen LogP contribution in [-0.4, -0.2) is 4.98 Å². The van der Waals surface area contributed by atoms with Gasteiger partial charge in [-0.3, -0.25) is 4.98 Å². The molecule has 1 aromatic heterocycles. The van der Waals surface area contributed by atoms with Gasteiger partial charge in [0.2, 0.25) is 0 Å². The summed E-state index contributed by atoms with van der Waals surface area (Å²) in [5.41, 5.74) is 4.89. The first-order valence-corrected chi connectivity index (χ1v) is 7.77. The van der Waals surface area contributed by atoms with Crippen molar-refractivity contribution >= 4 is 23.2 Å². The molecule has 0 atom stereocenters. The van der Waals surface area contributed by atoms with Gasteiger partial charge >= 0.3 is 0 Å². The molecule has 0 aliphatic carbocycles. The first-order valence-electron chi connectivity index (χ1n) is 7.02. The Morgan fingerprint density at radius 2 is 1.39 bits per heavy atom. The zero-order chi connectivity index (χ0) is 16.4. The number of aromatic nitrogens is 1. The SMILES string of the molecule is Cc1nc(-c2ccc(Cl)cc2)c(-c2ccc(Cl)cc2)cc1C#N. The van der Waals surface area contributed by atoms with Crippen molar-refractivity contribution in [3.63, 3.8) is 0 Å². The van der Waals surface area contributed by atoms with Crippen LogP contribution in [0.1, 0.15) is 11.3 Å². The van der Waals surface area contributed by atoms with E-state index in [2.05, 4.69) is 11.1 Å². The minimum absolute atomic E-state index is 0.563. The van der Waals surface area contributed by atoms with Gasteiger partial charge < -0.3 is 0 Å². The lowest BCUT2D eigenvalue weighted by Crippen LogP contribution is -1.96. The largest absolute Gasteiger partial charge is 0.251 e. The van der Waals surface area contributed by atoms with Gasteiger partial charge in [0.05, 0.1) is 17.0 Å². The Hall–Kier alpha value is -2.34. The molecule has 2 aromatic carbocycles. The van der Waals surface area contributed by atoms with E-state index in [0.29, 0.717) is 21.3 Å². The van der Waals surface area contributed by atoms with Gasteiger partial charge in [0.1, 0.15) is 6.07 Å². The van der Waals surface area contributed by atoms with Gasteiger partial charge in [-0.05, 0) is 42.8 Å². The second kappa shape index (κ2) is 6.42. The molecule has 0 fully saturated rings. The monoisotopic (exact) mass is 338 g/mol. The molecule has 4 heteroatoms. The smallest absolute Gasteiger partial charge is 0.101 e. The van der Waals surface area contributed by atoms with Gasteiger partial charge in [-0.25, -0.2) is 0 Å². The van der Waals surface area contributed by atoms with Crippen molar-refractivity contribution in [2.45, 2.75) is 6.92 Å². The van der Waals surface area contributed by atoms with Gasteiger partial charge in [0.25, 0.3) is 0 Å². The standard InChI is InChI=1S/C19H12Cl2N2/c1-12-15(11-22)10-18(13-2-6-16(20)7-3-13)19(23-12)14-4-8-17(21)9-5-14/h2-10H,1H3. The van der Waals surface area contributed by atoms with Crippen molar-refractivity contribution in [1.82, 2.24) is 4.98 Å². The average Bonchev–Trinajstić information content (AvgIpc) is 2.56. The molecule has 0 aliphatic heterocycles. The molecule has 0 aliphatic rings. The molecule has 3 aromatic rings. The van der Waals surface area contributed by atoms with E-state index in [9.17, 15) is 5.26 Å². The van der Waals surface area contributed by atoms with E-state index in [1.54, 1.807) is 0 Å². The summed E-state index contributed by atoms with van der Waals surface area (Å²) in [4.78, 5) is 4.64. The Labute approximate surface area is 144 Å². The fourth-order valence-corrected chi connectivity index (χ4v) is 2.65. The summed E-state index contributed by atoms with van der Waals surface area (Å²) in [7, 11) is 0. The highest BCUT2D eigenvalue weighted by Crippen LogP contribution is 2.33. The number of nitriles is 1. The second-order valence-electron chi connectivity index (χ2n) is 5.14. The molecule has 0 saturated carbocycles. The number of aryl methyl sites for hydroxylation is 1. The molecule has 112 valence electrons. The first-order chi connectivity index (χ1) is 11.1. The van der Waals surface area contributed by atoms with Crippen molar-refractivity contribution in [2.24, 2.45) is 0 Å². The number of benzene rings is 2. The molecule has 0 N–H and O–H groups in total. The van der Waals surface area contributed by atoms with Crippen LogP contribution in [0.2, 0.25) is 10.0 Å². The minimum atomic E-state index is 0.563. The quantitative estimate of drug-likeness (QED) is 0.582. The minimum Gasteiger partial charge on any atom is -0.251 e. The fourth-order valence-electron chi connectivity index (χ4n) is 2.40. The van der Waals surface area contributed by atoms with Crippen molar-refractivity contribution in [3.05, 3.63) is 75.9 Å². The molecule has 0 spiro atoms. The van der Waals surface area contributed by atoms with E-state index in [4.69, 9.17) is 23.2 Å². The number of hydrogen-bond acceptors (Lipinski definition) is 2. The number of nitrogens with zero attached hydrogens (tertiary/aromatic N) is 2. The summed E-state index contributed by atoms with van der Waals surface area (Å²) in [6.45, 7) is 1.84. The lowest BCUT2D eigenvalue weighted by molar-refractivity contribution is 1.18. The molecule has 0 bridgehead atoms. The van der Waals surface area contributed by atoms with Crippen molar-refractivity contribution in [3.8, 4) is 28.5 Å². The molecular weight excluding hydrogens is 327 g/mol. The second-order valence-corrected chi connectivity index (χ2v) is 6.02. The fraction of sp³-hybridized carbons (Fsp3) is 0.0526. The van der Waals surface area contributed by atoms with E-state index in [0.717, 1.165) is 22.4 Å². The number of hydrogen-bond donors (Lipinski definition) is 0. The van der Waals surface area contributed by atoms with Crippen molar-refractivity contribution < 1.29 is 0 Å². The summed E-state index contributed by atoms with van der Waals surface area (Å²) in [5.74, 6) is 0. The van der Waals surface area contributed by atoms with Crippen molar-refractivity contribution in [2.75, 3.05) is 0 Å². The van der Waals surface area contributed by atoms with Crippen LogP contribution in [0.15, 0.2) is 54.6 Å². The molecule has 1 heterocycles. The molecule has 23 heavy (non-hydrogen) atoms. The molecule has 0 amide bonds. The van der Waals surface area contributed by atoms with E-state index in [1.165, 1.54) is 0 Å². The van der Waals surface area contributed by atoms with E-state index in [-0.39, 0.29) is 0 Å². The van der Waals surface area contributed by atoms with E-state index < -0.39 is 0 Å². The van der Waals surface area contributed by atoms with Crippen LogP contribution < -0.4 is 0 Å². The molecule has 0 saturated heterocycles. The maximum atomic E-state index is 9.30. The number of rotatable bonds is 2. The molecule has 3 rings (SSSR count). The molecule has 0 radical (unpaired) electrons. The van der Waals surface area contributed by atoms with E-state index >= 15 is 0 Å². The van der Waals surface area contributed by atoms with Gasteiger partial charge in [-0.2, -0.15) is 5.26 Å². The third kappa shape index (κ3) is 3.22. The third-order valence-corrected chi connectivity index (χ3v) is 4.11. The normalized spacial score (nSPS) is 10.3. The van der Waals surface area contributed by atoms with Crippen molar-refractivity contribution in [1.29, 1.82) is 5.26 Å². The Morgan fingerprint density at radius 1 is 0.870 bits per heavy atom. The topological polar surface area (TPSA) is 36.7 Å². The summed E-state index contributed by atoms with van der Waals surface area (Å²) in [6.07, 6.45) is 0. The molecule has 2 nitrogen and oxygen atoms in total. The predicted octanol–water partition coefficient (Wildman–Crippen LogP) is 5.90. The lowest BCUT2D eigenvalue weighted by atomic mass is 9.97. The van der Waals surface area contributed by atoms with Crippen LogP contribution in [0.25, 0.3) is 22.4 Å². The summed E-state index contributed by atoms with van der Waals surface area (Å²) in [5, 5.41) is 10.6. The van der Waals surface area contributed by atoms with Crippen LogP contribution >= 0.6 is 23.2 Å². The number of pyridine rings is 1. The van der Waals surface area contributed by atoms with Crippen LogP contribution in [0.4, 0.5) is 0 Å². The van der Waals surface area contributed by atoms with Gasteiger partial charge in [-0.15, -0.1) is 0 Å². The third-order valence-electron chi connectivity index (χ3n) is 3.61. The highest BCUT2D eigenvalue weighted by atomic mass is 35.5.